The molecule has 1 rings (SSSR count). The normalized spacial score (nSPS) is 11.3. The molecule has 1 aromatic carbocycles. The van der Waals surface area contributed by atoms with Crippen molar-refractivity contribution in [3.63, 3.8) is 0 Å². The van der Waals surface area contributed by atoms with Crippen molar-refractivity contribution in [3.8, 4) is 0 Å². The van der Waals surface area contributed by atoms with Crippen molar-refractivity contribution in [2.75, 3.05) is 19.3 Å². The van der Waals surface area contributed by atoms with Crippen LogP contribution in [0.1, 0.15) is 44.5 Å². The van der Waals surface area contributed by atoms with E-state index in [2.05, 4.69) is 16.0 Å². The molecule has 0 aliphatic rings. The summed E-state index contributed by atoms with van der Waals surface area (Å²) in [6.07, 6.45) is 1.16. The lowest BCUT2D eigenvalue weighted by Crippen LogP contribution is -2.44. The molecule has 0 aliphatic carbocycles. The Balaban J connectivity index is 0.000000577. The van der Waals surface area contributed by atoms with Crippen molar-refractivity contribution in [2.45, 2.75) is 46.2 Å². The quantitative estimate of drug-likeness (QED) is 0.411. The van der Waals surface area contributed by atoms with Gasteiger partial charge in [-0.05, 0) is 45.2 Å². The molecule has 7 nitrogen and oxygen atoms in total. The van der Waals surface area contributed by atoms with E-state index in [4.69, 9.17) is 5.73 Å². The predicted molar refractivity (Wildman–Crippen MR) is 105 cm³/mol. The van der Waals surface area contributed by atoms with Crippen LogP contribution in [-0.2, 0) is 9.59 Å². The van der Waals surface area contributed by atoms with Gasteiger partial charge in [-0.1, -0.05) is 13.8 Å². The first kappa shape index (κ1) is 23.6. The minimum Gasteiger partial charge on any atom is -0.399 e. The number of anilines is 1. The van der Waals surface area contributed by atoms with Crippen LogP contribution in [0.5, 0.6) is 0 Å². The first-order chi connectivity index (χ1) is 12.2. The van der Waals surface area contributed by atoms with Gasteiger partial charge in [0.05, 0.1) is 0 Å². The Bertz CT molecular complexity index is 556. The first-order valence-electron chi connectivity index (χ1n) is 8.74. The number of aldehydes is 1. The molecule has 26 heavy (non-hydrogen) atoms. The lowest BCUT2D eigenvalue weighted by atomic mass is 10.1. The summed E-state index contributed by atoms with van der Waals surface area (Å²) >= 11 is 0. The number of nitrogens with one attached hydrogen (secondary N) is 3. The fourth-order valence-corrected chi connectivity index (χ4v) is 1.88. The van der Waals surface area contributed by atoms with E-state index in [1.54, 1.807) is 31.3 Å². The van der Waals surface area contributed by atoms with Gasteiger partial charge < -0.3 is 21.7 Å². The highest BCUT2D eigenvalue weighted by Gasteiger charge is 2.14. The fourth-order valence-electron chi connectivity index (χ4n) is 1.88. The molecule has 7 heteroatoms. The number of nitrogen functional groups attached to an aromatic ring is 1. The number of hydrogen-bond acceptors (Lipinski definition) is 5. The maximum Gasteiger partial charge on any atom is 0.222 e. The number of hydrogen-bond donors (Lipinski definition) is 4. The van der Waals surface area contributed by atoms with E-state index in [0.29, 0.717) is 24.2 Å². The van der Waals surface area contributed by atoms with E-state index in [1.165, 1.54) is 0 Å². The molecule has 5 N–H and O–H groups in total. The molecule has 0 heterocycles. The predicted octanol–water partition coefficient (Wildman–Crippen LogP) is 1.34. The Morgan fingerprint density at radius 3 is 2.12 bits per heavy atom. The van der Waals surface area contributed by atoms with Crippen molar-refractivity contribution >= 4 is 23.8 Å². The monoisotopic (exact) mass is 364 g/mol. The van der Waals surface area contributed by atoms with Gasteiger partial charge in [0.15, 0.2) is 0 Å². The summed E-state index contributed by atoms with van der Waals surface area (Å²) < 4.78 is 0. The molecule has 0 saturated heterocycles. The zero-order chi connectivity index (χ0) is 20.1. The van der Waals surface area contributed by atoms with Gasteiger partial charge in [0, 0.05) is 42.2 Å². The number of likely N-dealkylation sites (N-methyl/N-ethyl adjacent to an activating group) is 1. The van der Waals surface area contributed by atoms with Crippen molar-refractivity contribution in [3.05, 3.63) is 29.8 Å². The number of carbonyl (C=O) groups excluding carboxylic acids is 3. The van der Waals surface area contributed by atoms with Crippen LogP contribution in [0.2, 0.25) is 0 Å². The highest BCUT2D eigenvalue weighted by atomic mass is 16.2. The summed E-state index contributed by atoms with van der Waals surface area (Å²) in [5, 5.41) is 8.66. The van der Waals surface area contributed by atoms with Crippen molar-refractivity contribution in [1.29, 1.82) is 0 Å². The third kappa shape index (κ3) is 11.2. The van der Waals surface area contributed by atoms with Gasteiger partial charge in [-0.15, -0.1) is 0 Å². The van der Waals surface area contributed by atoms with Gasteiger partial charge in [0.2, 0.25) is 11.8 Å². The molecule has 2 amide bonds. The van der Waals surface area contributed by atoms with E-state index >= 15 is 0 Å². The zero-order valence-corrected chi connectivity index (χ0v) is 16.3. The molecular weight excluding hydrogens is 332 g/mol. The van der Waals surface area contributed by atoms with Gasteiger partial charge in [-0.3, -0.25) is 14.4 Å². The van der Waals surface area contributed by atoms with Gasteiger partial charge in [0.25, 0.3) is 0 Å². The standard InChI is InChI=1S/C12H25N3O2.C7H7NO/c1-8(2)12(17)14-7-10(13-5)6-11(16)15-9(3)4;8-7-3-1-6(5-9)2-4-7/h8-10,13H,6-7H2,1-5H3,(H,14,17)(H,15,16);1-5H,8H2. The Labute approximate surface area is 156 Å². The van der Waals surface area contributed by atoms with Crippen LogP contribution in [0.15, 0.2) is 24.3 Å². The van der Waals surface area contributed by atoms with Crippen molar-refractivity contribution in [1.82, 2.24) is 16.0 Å². The van der Waals surface area contributed by atoms with Gasteiger partial charge in [-0.2, -0.15) is 0 Å². The molecule has 1 aromatic rings. The molecule has 1 unspecified atom stereocenters. The van der Waals surface area contributed by atoms with E-state index in [-0.39, 0.29) is 29.8 Å². The second-order valence-electron chi connectivity index (χ2n) is 6.60. The Hall–Kier alpha value is -2.41. The summed E-state index contributed by atoms with van der Waals surface area (Å²) in [4.78, 5) is 33.0. The summed E-state index contributed by atoms with van der Waals surface area (Å²) in [7, 11) is 1.79. The first-order valence-corrected chi connectivity index (χ1v) is 8.74. The van der Waals surface area contributed by atoms with E-state index in [1.807, 2.05) is 27.7 Å². The molecule has 1 atom stereocenters. The maximum atomic E-state index is 11.5. The highest BCUT2D eigenvalue weighted by molar-refractivity contribution is 5.79. The average molecular weight is 364 g/mol. The molecule has 0 aromatic heterocycles. The van der Waals surface area contributed by atoms with Gasteiger partial charge in [-0.25, -0.2) is 0 Å². The smallest absolute Gasteiger partial charge is 0.222 e. The SMILES string of the molecule is CNC(CNC(=O)C(C)C)CC(=O)NC(C)C.Nc1ccc(C=O)cc1. The van der Waals surface area contributed by atoms with Gasteiger partial charge in [0.1, 0.15) is 6.29 Å². The number of carbonyl (C=O) groups is 3. The van der Waals surface area contributed by atoms with Crippen LogP contribution < -0.4 is 21.7 Å². The number of nitrogens with two attached hydrogens (primary N) is 1. The zero-order valence-electron chi connectivity index (χ0n) is 16.3. The minimum absolute atomic E-state index is 0.00172. The molecule has 0 spiro atoms. The Kier molecular flexibility index (Phi) is 11.7. The van der Waals surface area contributed by atoms with Crippen LogP contribution in [0.4, 0.5) is 5.69 Å². The van der Waals surface area contributed by atoms with Crippen LogP contribution in [0.3, 0.4) is 0 Å². The molecule has 0 saturated carbocycles. The Morgan fingerprint density at radius 2 is 1.69 bits per heavy atom. The highest BCUT2D eigenvalue weighted by Crippen LogP contribution is 2.01. The third-order valence-corrected chi connectivity index (χ3v) is 3.41. The number of rotatable bonds is 8. The van der Waals surface area contributed by atoms with Crippen molar-refractivity contribution < 1.29 is 14.4 Å². The fraction of sp³-hybridized carbons (Fsp3) is 0.526. The summed E-state index contributed by atoms with van der Waals surface area (Å²) in [5.41, 5.74) is 6.70. The largest absolute Gasteiger partial charge is 0.399 e. The van der Waals surface area contributed by atoms with Crippen LogP contribution in [0, 0.1) is 5.92 Å². The Morgan fingerprint density at radius 1 is 1.12 bits per heavy atom. The minimum atomic E-state index is -0.0311. The lowest BCUT2D eigenvalue weighted by molar-refractivity contribution is -0.125. The molecule has 0 fully saturated rings. The number of amides is 2. The maximum absolute atomic E-state index is 11.5. The molecule has 0 aliphatic heterocycles. The van der Waals surface area contributed by atoms with Gasteiger partial charge >= 0.3 is 0 Å². The molecular formula is C19H32N4O3. The lowest BCUT2D eigenvalue weighted by Gasteiger charge is -2.18. The van der Waals surface area contributed by atoms with E-state index in [9.17, 15) is 14.4 Å². The summed E-state index contributed by atoms with van der Waals surface area (Å²) in [6.45, 7) is 8.00. The average Bonchev–Trinajstić information content (AvgIpc) is 2.58. The second-order valence-corrected chi connectivity index (χ2v) is 6.60. The molecule has 146 valence electrons. The molecule has 0 bridgehead atoms. The third-order valence-electron chi connectivity index (χ3n) is 3.41. The van der Waals surface area contributed by atoms with Crippen LogP contribution in [0.25, 0.3) is 0 Å². The van der Waals surface area contributed by atoms with Crippen LogP contribution in [-0.4, -0.2) is 43.8 Å². The topological polar surface area (TPSA) is 113 Å². The van der Waals surface area contributed by atoms with E-state index in [0.717, 1.165) is 6.29 Å². The second kappa shape index (κ2) is 12.9. The number of benzene rings is 1. The van der Waals surface area contributed by atoms with Crippen molar-refractivity contribution in [2.24, 2.45) is 5.92 Å². The summed E-state index contributed by atoms with van der Waals surface area (Å²) in [6, 6.07) is 6.87. The summed E-state index contributed by atoms with van der Waals surface area (Å²) in [5.74, 6) is -0.0235. The van der Waals surface area contributed by atoms with Crippen LogP contribution >= 0.6 is 0 Å². The van der Waals surface area contributed by atoms with E-state index < -0.39 is 0 Å². The molecule has 0 radical (unpaired) electrons.